The number of nitrogens with one attached hydrogen (secondary N) is 2. The van der Waals surface area contributed by atoms with E-state index in [-0.39, 0.29) is 16.3 Å². The van der Waals surface area contributed by atoms with Gasteiger partial charge in [-0.25, -0.2) is 9.97 Å². The Labute approximate surface area is 194 Å². The van der Waals surface area contributed by atoms with Crippen molar-refractivity contribution in [1.29, 1.82) is 0 Å². The zero-order valence-electron chi connectivity index (χ0n) is 17.4. The first-order valence-corrected chi connectivity index (χ1v) is 10.3. The summed E-state index contributed by atoms with van der Waals surface area (Å²) in [6.45, 7) is 1.81. The minimum absolute atomic E-state index is 0.0818. The molecule has 0 atom stereocenters. The van der Waals surface area contributed by atoms with E-state index in [4.69, 9.17) is 11.6 Å². The number of carbonyl (C=O) groups is 1. The van der Waals surface area contributed by atoms with Gasteiger partial charge in [0.05, 0.1) is 10.6 Å². The smallest absolute Gasteiger partial charge is 0.283 e. The first-order valence-electron chi connectivity index (χ1n) is 9.92. The van der Waals surface area contributed by atoms with Gasteiger partial charge in [0.1, 0.15) is 17.2 Å². The van der Waals surface area contributed by atoms with E-state index in [2.05, 4.69) is 20.6 Å². The van der Waals surface area contributed by atoms with Crippen molar-refractivity contribution in [2.24, 2.45) is 0 Å². The predicted octanol–water partition coefficient (Wildman–Crippen LogP) is 6.01. The molecule has 164 valence electrons. The van der Waals surface area contributed by atoms with Crippen molar-refractivity contribution in [3.8, 4) is 11.3 Å². The second-order valence-corrected chi connectivity index (χ2v) is 7.57. The van der Waals surface area contributed by atoms with Crippen molar-refractivity contribution in [1.82, 2.24) is 9.97 Å². The molecule has 0 fully saturated rings. The van der Waals surface area contributed by atoms with Crippen LogP contribution in [0.5, 0.6) is 0 Å². The van der Waals surface area contributed by atoms with Crippen molar-refractivity contribution in [3.05, 3.63) is 105 Å². The molecule has 0 radical (unpaired) electrons. The highest BCUT2D eigenvalue weighted by Crippen LogP contribution is 2.26. The number of anilines is 3. The number of amides is 1. The van der Waals surface area contributed by atoms with E-state index < -0.39 is 10.8 Å². The molecule has 9 heteroatoms. The molecule has 0 saturated carbocycles. The molecule has 0 saturated heterocycles. The van der Waals surface area contributed by atoms with Crippen molar-refractivity contribution in [2.75, 3.05) is 10.6 Å². The number of aromatic nitrogens is 2. The lowest BCUT2D eigenvalue weighted by atomic mass is 10.1. The molecule has 0 aliphatic heterocycles. The highest BCUT2D eigenvalue weighted by atomic mass is 35.5. The Balaban J connectivity index is 1.56. The number of nitrogens with zero attached hydrogens (tertiary/aromatic N) is 3. The molecule has 0 aliphatic rings. The molecule has 0 aliphatic carbocycles. The molecule has 4 rings (SSSR count). The van der Waals surface area contributed by atoms with Gasteiger partial charge in [-0.2, -0.15) is 0 Å². The van der Waals surface area contributed by atoms with Gasteiger partial charge in [0.2, 0.25) is 0 Å². The highest BCUT2D eigenvalue weighted by molar-refractivity contribution is 6.31. The van der Waals surface area contributed by atoms with E-state index in [1.54, 1.807) is 18.2 Å². The number of nitro groups is 1. The lowest BCUT2D eigenvalue weighted by molar-refractivity contribution is -0.385. The Morgan fingerprint density at radius 2 is 1.70 bits per heavy atom. The summed E-state index contributed by atoms with van der Waals surface area (Å²) in [5, 5.41) is 17.4. The maximum absolute atomic E-state index is 12.7. The summed E-state index contributed by atoms with van der Waals surface area (Å²) in [7, 11) is 0. The molecule has 2 N–H and O–H groups in total. The maximum Gasteiger partial charge on any atom is 0.283 e. The molecule has 33 heavy (non-hydrogen) atoms. The highest BCUT2D eigenvalue weighted by Gasteiger charge is 2.20. The second kappa shape index (κ2) is 9.46. The summed E-state index contributed by atoms with van der Waals surface area (Å²) in [6, 6.07) is 22.5. The number of carbonyl (C=O) groups excluding carboxylic acids is 1. The van der Waals surface area contributed by atoms with Crippen molar-refractivity contribution in [2.45, 2.75) is 6.92 Å². The van der Waals surface area contributed by atoms with Gasteiger partial charge in [0, 0.05) is 34.1 Å². The molecule has 0 bridgehead atoms. The zero-order chi connectivity index (χ0) is 23.4. The summed E-state index contributed by atoms with van der Waals surface area (Å²) in [6.07, 6.45) is 0. The van der Waals surface area contributed by atoms with E-state index in [9.17, 15) is 14.9 Å². The van der Waals surface area contributed by atoms with E-state index >= 15 is 0 Å². The van der Waals surface area contributed by atoms with E-state index in [1.165, 1.54) is 12.1 Å². The number of rotatable bonds is 6. The van der Waals surface area contributed by atoms with Gasteiger partial charge < -0.3 is 10.6 Å². The number of hydrogen-bond acceptors (Lipinski definition) is 6. The summed E-state index contributed by atoms with van der Waals surface area (Å²) in [5.41, 5.74) is 2.45. The monoisotopic (exact) mass is 459 g/mol. The Hall–Kier alpha value is -4.30. The first kappa shape index (κ1) is 21.9. The van der Waals surface area contributed by atoms with Crippen LogP contribution in [0.15, 0.2) is 78.9 Å². The molecular formula is C24H18ClN5O3. The predicted molar refractivity (Wildman–Crippen MR) is 128 cm³/mol. The van der Waals surface area contributed by atoms with Crippen molar-refractivity contribution in [3.63, 3.8) is 0 Å². The molecule has 0 spiro atoms. The SMILES string of the molecule is Cc1nc(Nc2cccc(NC(=O)c3ccc(Cl)cc3[N+](=O)[O-])c2)cc(-c2ccccc2)n1. The Bertz CT molecular complexity index is 1350. The van der Waals surface area contributed by atoms with E-state index in [1.807, 2.05) is 49.4 Å². The number of halogens is 1. The topological polar surface area (TPSA) is 110 Å². The molecule has 1 aromatic heterocycles. The third-order valence-electron chi connectivity index (χ3n) is 4.70. The maximum atomic E-state index is 12.7. The van der Waals surface area contributed by atoms with Crippen LogP contribution >= 0.6 is 11.6 Å². The molecule has 8 nitrogen and oxygen atoms in total. The lowest BCUT2D eigenvalue weighted by Crippen LogP contribution is -2.14. The van der Waals surface area contributed by atoms with E-state index in [0.29, 0.717) is 23.0 Å². The summed E-state index contributed by atoms with van der Waals surface area (Å²) >= 11 is 5.83. The fourth-order valence-corrected chi connectivity index (χ4v) is 3.42. The molecule has 4 aromatic rings. The minimum atomic E-state index is -0.638. The first-order chi connectivity index (χ1) is 15.9. The van der Waals surface area contributed by atoms with E-state index in [0.717, 1.165) is 17.3 Å². The Morgan fingerprint density at radius 1 is 0.939 bits per heavy atom. The standard InChI is InChI=1S/C24H18ClN5O3/c1-15-26-21(16-6-3-2-4-7-16)14-23(27-15)28-18-8-5-9-19(13-18)29-24(31)20-11-10-17(25)12-22(20)30(32)33/h2-14H,1H3,(H,29,31)(H,26,27,28). The summed E-state index contributed by atoms with van der Waals surface area (Å²) < 4.78 is 0. The fraction of sp³-hybridized carbons (Fsp3) is 0.0417. The molecular weight excluding hydrogens is 442 g/mol. The normalized spacial score (nSPS) is 10.5. The van der Waals surface area contributed by atoms with Gasteiger partial charge in [-0.05, 0) is 37.3 Å². The Kier molecular flexibility index (Phi) is 6.28. The average Bonchev–Trinajstić information content (AvgIpc) is 2.79. The van der Waals surface area contributed by atoms with Crippen LogP contribution in [0, 0.1) is 17.0 Å². The largest absolute Gasteiger partial charge is 0.340 e. The van der Waals surface area contributed by atoms with Gasteiger partial charge in [0.15, 0.2) is 0 Å². The van der Waals surface area contributed by atoms with Crippen molar-refractivity contribution < 1.29 is 9.72 Å². The molecule has 1 amide bonds. The summed E-state index contributed by atoms with van der Waals surface area (Å²) in [4.78, 5) is 32.2. The van der Waals surface area contributed by atoms with Gasteiger partial charge in [-0.1, -0.05) is 48.0 Å². The lowest BCUT2D eigenvalue weighted by Gasteiger charge is -2.11. The van der Waals surface area contributed by atoms with Crippen LogP contribution in [0.1, 0.15) is 16.2 Å². The number of hydrogen-bond donors (Lipinski definition) is 2. The fourth-order valence-electron chi connectivity index (χ4n) is 3.26. The number of benzene rings is 3. The van der Waals surface area contributed by atoms with Crippen LogP contribution < -0.4 is 10.6 Å². The van der Waals surface area contributed by atoms with Gasteiger partial charge in [-0.3, -0.25) is 14.9 Å². The minimum Gasteiger partial charge on any atom is -0.340 e. The van der Waals surface area contributed by atoms with Crippen LogP contribution in [0.25, 0.3) is 11.3 Å². The van der Waals surface area contributed by atoms with Crippen LogP contribution in [0.4, 0.5) is 22.9 Å². The summed E-state index contributed by atoms with van der Waals surface area (Å²) in [5.74, 6) is 0.594. The molecule has 0 unspecified atom stereocenters. The molecule has 3 aromatic carbocycles. The quantitative estimate of drug-likeness (QED) is 0.270. The number of nitro benzene ring substituents is 1. The molecule has 1 heterocycles. The third-order valence-corrected chi connectivity index (χ3v) is 4.94. The van der Waals surface area contributed by atoms with Crippen molar-refractivity contribution >= 4 is 40.4 Å². The van der Waals surface area contributed by atoms with Gasteiger partial charge >= 0.3 is 0 Å². The average molecular weight is 460 g/mol. The van der Waals surface area contributed by atoms with Crippen LogP contribution in [0.2, 0.25) is 5.02 Å². The zero-order valence-corrected chi connectivity index (χ0v) is 18.2. The number of aryl methyl sites for hydroxylation is 1. The Morgan fingerprint density at radius 3 is 2.45 bits per heavy atom. The van der Waals surface area contributed by atoms with Crippen LogP contribution in [-0.4, -0.2) is 20.8 Å². The second-order valence-electron chi connectivity index (χ2n) is 7.13. The van der Waals surface area contributed by atoms with Gasteiger partial charge in [0.25, 0.3) is 11.6 Å². The van der Waals surface area contributed by atoms with Gasteiger partial charge in [-0.15, -0.1) is 0 Å². The van der Waals surface area contributed by atoms with Crippen LogP contribution in [0.3, 0.4) is 0 Å². The van der Waals surface area contributed by atoms with Crippen LogP contribution in [-0.2, 0) is 0 Å². The third kappa shape index (κ3) is 5.31.